The van der Waals surface area contributed by atoms with Gasteiger partial charge in [-0.05, 0) is 32.2 Å². The number of carbonyl (C=O) groups excluding carboxylic acids is 1. The van der Waals surface area contributed by atoms with Gasteiger partial charge in [0, 0.05) is 31.1 Å². The van der Waals surface area contributed by atoms with Gasteiger partial charge in [0.2, 0.25) is 0 Å². The third-order valence-electron chi connectivity index (χ3n) is 3.81. The average Bonchev–Trinajstić information content (AvgIpc) is 2.99. The quantitative estimate of drug-likeness (QED) is 0.662. The van der Waals surface area contributed by atoms with E-state index in [-0.39, 0.29) is 6.03 Å². The van der Waals surface area contributed by atoms with Crippen molar-refractivity contribution >= 4 is 6.03 Å². The standard InChI is InChI=1S/C11H19N3O/c15-10(13-9-2-3-9)14-7-11(8-14)4-1-5-12-6-11/h9,12H,1-8H2,(H,13,15). The van der Waals surface area contributed by atoms with Crippen LogP contribution in [0.4, 0.5) is 4.79 Å². The fraction of sp³-hybridized carbons (Fsp3) is 0.909. The summed E-state index contributed by atoms with van der Waals surface area (Å²) in [5.74, 6) is 0. The molecule has 0 aromatic rings. The predicted octanol–water partition coefficient (Wildman–Crippen LogP) is 0.544. The van der Waals surface area contributed by atoms with Crippen LogP contribution in [-0.2, 0) is 0 Å². The van der Waals surface area contributed by atoms with Gasteiger partial charge in [-0.3, -0.25) is 0 Å². The highest BCUT2D eigenvalue weighted by molar-refractivity contribution is 5.76. The van der Waals surface area contributed by atoms with Crippen LogP contribution in [0.25, 0.3) is 0 Å². The number of amides is 2. The van der Waals surface area contributed by atoms with Crippen molar-refractivity contribution in [1.29, 1.82) is 0 Å². The van der Waals surface area contributed by atoms with Crippen LogP contribution in [0.2, 0.25) is 0 Å². The molecule has 0 bridgehead atoms. The van der Waals surface area contributed by atoms with Gasteiger partial charge in [-0.15, -0.1) is 0 Å². The van der Waals surface area contributed by atoms with Gasteiger partial charge in [0.15, 0.2) is 0 Å². The molecule has 2 heterocycles. The molecule has 4 heteroatoms. The first-order valence-electron chi connectivity index (χ1n) is 6.04. The van der Waals surface area contributed by atoms with Crippen molar-refractivity contribution in [2.24, 2.45) is 5.41 Å². The van der Waals surface area contributed by atoms with Crippen molar-refractivity contribution < 1.29 is 4.79 Å². The second-order valence-corrected chi connectivity index (χ2v) is 5.36. The lowest BCUT2D eigenvalue weighted by molar-refractivity contribution is 0.0117. The lowest BCUT2D eigenvalue weighted by Gasteiger charge is -2.52. The first-order valence-corrected chi connectivity index (χ1v) is 6.04. The highest BCUT2D eigenvalue weighted by Gasteiger charge is 2.46. The number of piperidine rings is 1. The molecule has 1 spiro atoms. The summed E-state index contributed by atoms with van der Waals surface area (Å²) in [6.07, 6.45) is 4.89. The number of hydrogen-bond donors (Lipinski definition) is 2. The predicted molar refractivity (Wildman–Crippen MR) is 57.7 cm³/mol. The molecule has 2 N–H and O–H groups in total. The van der Waals surface area contributed by atoms with Crippen LogP contribution in [0, 0.1) is 5.41 Å². The summed E-state index contributed by atoms with van der Waals surface area (Å²) in [4.78, 5) is 13.7. The van der Waals surface area contributed by atoms with Gasteiger partial charge in [0.1, 0.15) is 0 Å². The number of hydrogen-bond acceptors (Lipinski definition) is 2. The third kappa shape index (κ3) is 1.83. The van der Waals surface area contributed by atoms with Crippen molar-refractivity contribution in [2.75, 3.05) is 26.2 Å². The van der Waals surface area contributed by atoms with Crippen LogP contribution in [-0.4, -0.2) is 43.2 Å². The minimum Gasteiger partial charge on any atom is -0.335 e. The van der Waals surface area contributed by atoms with E-state index in [0.29, 0.717) is 11.5 Å². The number of likely N-dealkylation sites (tertiary alicyclic amines) is 1. The summed E-state index contributed by atoms with van der Waals surface area (Å²) < 4.78 is 0. The molecular formula is C11H19N3O. The topological polar surface area (TPSA) is 44.4 Å². The molecule has 0 aromatic heterocycles. The van der Waals surface area contributed by atoms with E-state index in [0.717, 1.165) is 26.2 Å². The number of nitrogens with zero attached hydrogens (tertiary/aromatic N) is 1. The Morgan fingerprint density at radius 2 is 2.20 bits per heavy atom. The zero-order valence-corrected chi connectivity index (χ0v) is 9.09. The second-order valence-electron chi connectivity index (χ2n) is 5.36. The summed E-state index contributed by atoms with van der Waals surface area (Å²) >= 11 is 0. The smallest absolute Gasteiger partial charge is 0.317 e. The molecule has 0 aromatic carbocycles. The Morgan fingerprint density at radius 3 is 2.80 bits per heavy atom. The molecule has 0 unspecified atom stereocenters. The van der Waals surface area contributed by atoms with Gasteiger partial charge in [-0.1, -0.05) is 0 Å². The van der Waals surface area contributed by atoms with Crippen molar-refractivity contribution in [2.45, 2.75) is 31.7 Å². The minimum atomic E-state index is 0.161. The van der Waals surface area contributed by atoms with E-state index < -0.39 is 0 Å². The van der Waals surface area contributed by atoms with Crippen LogP contribution in [0.5, 0.6) is 0 Å². The van der Waals surface area contributed by atoms with E-state index in [9.17, 15) is 4.79 Å². The summed E-state index contributed by atoms with van der Waals surface area (Å²) in [6, 6.07) is 0.646. The average molecular weight is 209 g/mol. The van der Waals surface area contributed by atoms with Gasteiger partial charge in [0.05, 0.1) is 0 Å². The van der Waals surface area contributed by atoms with Crippen LogP contribution in [0.3, 0.4) is 0 Å². The van der Waals surface area contributed by atoms with E-state index >= 15 is 0 Å². The molecule has 84 valence electrons. The summed E-state index contributed by atoms with van der Waals surface area (Å²) in [7, 11) is 0. The number of rotatable bonds is 1. The first-order chi connectivity index (χ1) is 7.27. The van der Waals surface area contributed by atoms with Gasteiger partial charge in [-0.2, -0.15) is 0 Å². The molecule has 4 nitrogen and oxygen atoms in total. The molecule has 1 saturated carbocycles. The van der Waals surface area contributed by atoms with Gasteiger partial charge in [-0.25, -0.2) is 4.79 Å². The molecular weight excluding hydrogens is 190 g/mol. The number of nitrogens with one attached hydrogen (secondary N) is 2. The molecule has 0 radical (unpaired) electrons. The molecule has 3 fully saturated rings. The number of urea groups is 1. The third-order valence-corrected chi connectivity index (χ3v) is 3.81. The van der Waals surface area contributed by atoms with Crippen LogP contribution < -0.4 is 10.6 Å². The molecule has 15 heavy (non-hydrogen) atoms. The SMILES string of the molecule is O=C(NC1CC1)N1CC2(CCCNC2)C1. The van der Waals surface area contributed by atoms with Crippen LogP contribution >= 0.6 is 0 Å². The first kappa shape index (κ1) is 9.46. The summed E-state index contributed by atoms with van der Waals surface area (Å²) in [5.41, 5.74) is 0.416. The Hall–Kier alpha value is -0.770. The highest BCUT2D eigenvalue weighted by Crippen LogP contribution is 2.36. The van der Waals surface area contributed by atoms with E-state index in [2.05, 4.69) is 10.6 Å². The number of carbonyl (C=O) groups is 1. The maximum Gasteiger partial charge on any atom is 0.317 e. The molecule has 2 amide bonds. The second kappa shape index (κ2) is 3.37. The van der Waals surface area contributed by atoms with Crippen LogP contribution in [0.1, 0.15) is 25.7 Å². The van der Waals surface area contributed by atoms with E-state index in [1.54, 1.807) is 0 Å². The molecule has 2 saturated heterocycles. The lowest BCUT2D eigenvalue weighted by atomic mass is 9.74. The van der Waals surface area contributed by atoms with Crippen LogP contribution in [0.15, 0.2) is 0 Å². The van der Waals surface area contributed by atoms with Gasteiger partial charge < -0.3 is 15.5 Å². The Labute approximate surface area is 90.4 Å². The summed E-state index contributed by atoms with van der Waals surface area (Å²) in [6.45, 7) is 4.16. The van der Waals surface area contributed by atoms with Gasteiger partial charge in [0.25, 0.3) is 0 Å². The van der Waals surface area contributed by atoms with E-state index in [1.807, 2.05) is 4.90 Å². The highest BCUT2D eigenvalue weighted by atomic mass is 16.2. The molecule has 3 rings (SSSR count). The Balaban J connectivity index is 1.49. The lowest BCUT2D eigenvalue weighted by Crippen LogP contribution is -2.65. The zero-order chi connectivity index (χ0) is 10.3. The maximum absolute atomic E-state index is 11.7. The molecule has 3 aliphatic rings. The van der Waals surface area contributed by atoms with Crippen molar-refractivity contribution in [3.63, 3.8) is 0 Å². The van der Waals surface area contributed by atoms with E-state index in [1.165, 1.54) is 25.7 Å². The van der Waals surface area contributed by atoms with Crippen molar-refractivity contribution in [1.82, 2.24) is 15.5 Å². The fourth-order valence-corrected chi connectivity index (χ4v) is 2.70. The maximum atomic E-state index is 11.7. The summed E-state index contributed by atoms with van der Waals surface area (Å²) in [5, 5.41) is 6.48. The molecule has 0 atom stereocenters. The zero-order valence-electron chi connectivity index (χ0n) is 9.09. The minimum absolute atomic E-state index is 0.161. The largest absolute Gasteiger partial charge is 0.335 e. The van der Waals surface area contributed by atoms with Crippen molar-refractivity contribution in [3.8, 4) is 0 Å². The molecule has 1 aliphatic carbocycles. The Morgan fingerprint density at radius 1 is 1.40 bits per heavy atom. The van der Waals surface area contributed by atoms with Crippen molar-refractivity contribution in [3.05, 3.63) is 0 Å². The fourth-order valence-electron chi connectivity index (χ4n) is 2.70. The molecule has 2 aliphatic heterocycles. The van der Waals surface area contributed by atoms with E-state index in [4.69, 9.17) is 0 Å². The van der Waals surface area contributed by atoms with Gasteiger partial charge >= 0.3 is 6.03 Å². The Bertz CT molecular complexity index is 261. The monoisotopic (exact) mass is 209 g/mol. The normalized spacial score (nSPS) is 28.7. The Kier molecular flexibility index (Phi) is 2.12.